The Kier molecular flexibility index (Phi) is 5.35. The van der Waals surface area contributed by atoms with Gasteiger partial charge in [0.15, 0.2) is 0 Å². The molecule has 0 aliphatic heterocycles. The third-order valence-corrected chi connectivity index (χ3v) is 4.26. The van der Waals surface area contributed by atoms with Crippen LogP contribution in [-0.4, -0.2) is 14.0 Å². The first-order valence-corrected chi connectivity index (χ1v) is 10.2. The Labute approximate surface area is 140 Å². The molecule has 3 nitrogen and oxygen atoms in total. The third kappa shape index (κ3) is 4.28. The van der Waals surface area contributed by atoms with Crippen LogP contribution in [0.3, 0.4) is 0 Å². The van der Waals surface area contributed by atoms with E-state index in [2.05, 4.69) is 51.0 Å². The fraction of sp³-hybridized carbons (Fsp3) is 0.368. The molecule has 119 valence electrons. The lowest BCUT2D eigenvalue weighted by Gasteiger charge is -2.32. The highest BCUT2D eigenvalue weighted by Crippen LogP contribution is 2.36. The number of pyridine rings is 1. The highest BCUT2D eigenvalue weighted by molar-refractivity contribution is 6.48. The van der Waals surface area contributed by atoms with Crippen LogP contribution >= 0.6 is 0 Å². The second-order valence-corrected chi connectivity index (χ2v) is 8.96. The summed E-state index contributed by atoms with van der Waals surface area (Å²) in [7, 11) is -0.806. The standard InChI is InChI=1S/C19H23N2OSi/c1-19(2,3)18(22-23(4)5)15-10-11-17(21-13-15)16-9-7-6-8-14(16)12-20/h6-11,13,18H,1-5H3. The van der Waals surface area contributed by atoms with E-state index in [1.54, 1.807) is 0 Å². The van der Waals surface area contributed by atoms with Crippen LogP contribution in [0.5, 0.6) is 0 Å². The van der Waals surface area contributed by atoms with Gasteiger partial charge in [0.2, 0.25) is 9.04 Å². The van der Waals surface area contributed by atoms with Crippen LogP contribution < -0.4 is 0 Å². The van der Waals surface area contributed by atoms with E-state index >= 15 is 0 Å². The van der Waals surface area contributed by atoms with Gasteiger partial charge in [0, 0.05) is 11.8 Å². The van der Waals surface area contributed by atoms with E-state index in [0.717, 1.165) is 16.8 Å². The normalized spacial score (nSPS) is 12.9. The zero-order valence-corrected chi connectivity index (χ0v) is 15.4. The molecular formula is C19H23N2OSi. The first kappa shape index (κ1) is 17.4. The zero-order valence-electron chi connectivity index (χ0n) is 14.4. The molecule has 1 heterocycles. The minimum absolute atomic E-state index is 0.00962. The predicted octanol–water partition coefficient (Wildman–Crippen LogP) is 4.98. The first-order valence-electron chi connectivity index (χ1n) is 7.75. The van der Waals surface area contributed by atoms with Crippen molar-refractivity contribution in [3.05, 3.63) is 53.7 Å². The van der Waals surface area contributed by atoms with E-state index in [9.17, 15) is 5.26 Å². The molecule has 1 aromatic heterocycles. The van der Waals surface area contributed by atoms with Gasteiger partial charge in [-0.3, -0.25) is 4.98 Å². The van der Waals surface area contributed by atoms with Crippen molar-refractivity contribution in [3.8, 4) is 17.3 Å². The van der Waals surface area contributed by atoms with Crippen molar-refractivity contribution in [1.29, 1.82) is 5.26 Å². The lowest BCUT2D eigenvalue weighted by molar-refractivity contribution is 0.0863. The van der Waals surface area contributed by atoms with Crippen molar-refractivity contribution in [2.24, 2.45) is 5.41 Å². The maximum absolute atomic E-state index is 9.23. The highest BCUT2D eigenvalue weighted by Gasteiger charge is 2.28. The average Bonchev–Trinajstić information content (AvgIpc) is 2.51. The molecule has 0 aliphatic carbocycles. The summed E-state index contributed by atoms with van der Waals surface area (Å²) in [5, 5.41) is 9.23. The summed E-state index contributed by atoms with van der Waals surface area (Å²) >= 11 is 0. The number of aromatic nitrogens is 1. The molecule has 1 radical (unpaired) electrons. The fourth-order valence-corrected chi connectivity index (χ4v) is 3.47. The Morgan fingerprint density at radius 1 is 1.13 bits per heavy atom. The molecule has 1 unspecified atom stereocenters. The summed E-state index contributed by atoms with van der Waals surface area (Å²) in [5.74, 6) is 0. The first-order chi connectivity index (χ1) is 10.8. The Morgan fingerprint density at radius 3 is 2.35 bits per heavy atom. The highest BCUT2D eigenvalue weighted by atomic mass is 28.3. The van der Waals surface area contributed by atoms with Crippen LogP contribution in [0.25, 0.3) is 11.3 Å². The maximum Gasteiger partial charge on any atom is 0.205 e. The SMILES string of the molecule is C[Si](C)OC(c1ccc(-c2ccccc2C#N)nc1)C(C)(C)C. The molecule has 0 aliphatic rings. The molecule has 0 spiro atoms. The molecule has 0 saturated heterocycles. The Hall–Kier alpha value is -1.96. The minimum atomic E-state index is -0.806. The molecule has 1 aromatic carbocycles. The van der Waals surface area contributed by atoms with Crippen LogP contribution in [-0.2, 0) is 4.43 Å². The molecule has 0 N–H and O–H groups in total. The van der Waals surface area contributed by atoms with Crippen LogP contribution in [0, 0.1) is 16.7 Å². The molecule has 0 bridgehead atoms. The predicted molar refractivity (Wildman–Crippen MR) is 95.2 cm³/mol. The average molecular weight is 323 g/mol. The number of hydrogen-bond donors (Lipinski definition) is 0. The number of benzene rings is 1. The summed E-state index contributed by atoms with van der Waals surface area (Å²) in [6, 6.07) is 13.8. The minimum Gasteiger partial charge on any atom is -0.410 e. The van der Waals surface area contributed by atoms with Gasteiger partial charge in [0.25, 0.3) is 0 Å². The molecule has 23 heavy (non-hydrogen) atoms. The molecule has 0 saturated carbocycles. The van der Waals surface area contributed by atoms with Crippen molar-refractivity contribution in [2.45, 2.75) is 40.0 Å². The third-order valence-electron chi connectivity index (χ3n) is 3.55. The monoisotopic (exact) mass is 323 g/mol. The number of nitriles is 1. The largest absolute Gasteiger partial charge is 0.410 e. The van der Waals surface area contributed by atoms with Gasteiger partial charge in [-0.25, -0.2) is 0 Å². The maximum atomic E-state index is 9.23. The van der Waals surface area contributed by atoms with Crippen LogP contribution in [0.1, 0.15) is 38.0 Å². The Bertz CT molecular complexity index is 697. The smallest absolute Gasteiger partial charge is 0.205 e. The summed E-state index contributed by atoms with van der Waals surface area (Å²) < 4.78 is 6.20. The van der Waals surface area contributed by atoms with Crippen LogP contribution in [0.15, 0.2) is 42.6 Å². The van der Waals surface area contributed by atoms with Crippen molar-refractivity contribution in [3.63, 3.8) is 0 Å². The van der Waals surface area contributed by atoms with E-state index < -0.39 is 9.04 Å². The van der Waals surface area contributed by atoms with E-state index in [0.29, 0.717) is 5.56 Å². The summed E-state index contributed by atoms with van der Waals surface area (Å²) in [6.45, 7) is 10.8. The van der Waals surface area contributed by atoms with Gasteiger partial charge in [0.05, 0.1) is 23.4 Å². The van der Waals surface area contributed by atoms with Crippen LogP contribution in [0.4, 0.5) is 0 Å². The quantitative estimate of drug-likeness (QED) is 0.746. The van der Waals surface area contributed by atoms with E-state index in [-0.39, 0.29) is 11.5 Å². The number of nitrogens with zero attached hydrogens (tertiary/aromatic N) is 2. The molecule has 2 aromatic rings. The van der Waals surface area contributed by atoms with Crippen molar-refractivity contribution in [1.82, 2.24) is 4.98 Å². The topological polar surface area (TPSA) is 45.9 Å². The summed E-state index contributed by atoms with van der Waals surface area (Å²) in [5.41, 5.74) is 3.42. The molecule has 0 amide bonds. The molecular weight excluding hydrogens is 300 g/mol. The van der Waals surface area contributed by atoms with E-state index in [1.807, 2.05) is 36.5 Å². The number of rotatable bonds is 4. The molecule has 4 heteroatoms. The number of hydrogen-bond acceptors (Lipinski definition) is 3. The fourth-order valence-electron chi connectivity index (χ4n) is 2.50. The Morgan fingerprint density at radius 2 is 1.83 bits per heavy atom. The molecule has 0 fully saturated rings. The van der Waals surface area contributed by atoms with Crippen molar-refractivity contribution < 1.29 is 4.43 Å². The molecule has 1 atom stereocenters. The van der Waals surface area contributed by atoms with E-state index in [4.69, 9.17) is 4.43 Å². The second kappa shape index (κ2) is 7.07. The lowest BCUT2D eigenvalue weighted by Crippen LogP contribution is -2.26. The van der Waals surface area contributed by atoms with Gasteiger partial charge in [-0.2, -0.15) is 5.26 Å². The van der Waals surface area contributed by atoms with Gasteiger partial charge in [-0.1, -0.05) is 45.0 Å². The molecule has 2 rings (SSSR count). The van der Waals surface area contributed by atoms with Gasteiger partial charge in [0.1, 0.15) is 0 Å². The van der Waals surface area contributed by atoms with Gasteiger partial charge >= 0.3 is 0 Å². The Balaban J connectivity index is 2.36. The summed E-state index contributed by atoms with van der Waals surface area (Å²) in [4.78, 5) is 4.58. The van der Waals surface area contributed by atoms with Gasteiger partial charge in [-0.05, 0) is 36.2 Å². The lowest BCUT2D eigenvalue weighted by atomic mass is 9.85. The van der Waals surface area contributed by atoms with Crippen molar-refractivity contribution >= 4 is 9.04 Å². The van der Waals surface area contributed by atoms with Crippen LogP contribution in [0.2, 0.25) is 13.1 Å². The summed E-state index contributed by atoms with van der Waals surface area (Å²) in [6.07, 6.45) is 1.91. The van der Waals surface area contributed by atoms with Crippen molar-refractivity contribution in [2.75, 3.05) is 0 Å². The van der Waals surface area contributed by atoms with Gasteiger partial charge in [-0.15, -0.1) is 0 Å². The van der Waals surface area contributed by atoms with Gasteiger partial charge < -0.3 is 4.43 Å². The second-order valence-electron chi connectivity index (χ2n) is 6.91. The zero-order chi connectivity index (χ0) is 17.0. The van der Waals surface area contributed by atoms with E-state index in [1.165, 1.54) is 0 Å².